The van der Waals surface area contributed by atoms with E-state index in [1.54, 1.807) is 30.3 Å². The number of aromatic amines is 1. The number of ether oxygens (including phenoxy) is 1. The van der Waals surface area contributed by atoms with Crippen LogP contribution in [0.3, 0.4) is 0 Å². The van der Waals surface area contributed by atoms with Gasteiger partial charge in [0.2, 0.25) is 5.78 Å². The number of esters is 1. The summed E-state index contributed by atoms with van der Waals surface area (Å²) >= 11 is 0. The van der Waals surface area contributed by atoms with Crippen molar-refractivity contribution < 1.29 is 14.3 Å². The fraction of sp³-hybridized carbons (Fsp3) is 0.130. The summed E-state index contributed by atoms with van der Waals surface area (Å²) in [7, 11) is 0. The minimum absolute atomic E-state index is 0.0345. The molecule has 2 aromatic heterocycles. The third kappa shape index (κ3) is 3.41. The lowest BCUT2D eigenvalue weighted by atomic mass is 10.1. The second-order valence-corrected chi connectivity index (χ2v) is 6.90. The Labute approximate surface area is 171 Å². The average molecular weight is 401 g/mol. The number of nitrogens with one attached hydrogen (secondary N) is 1. The smallest absolute Gasteiger partial charge is 0.359 e. The van der Waals surface area contributed by atoms with Crippen LogP contribution in [-0.2, 0) is 4.74 Å². The lowest BCUT2D eigenvalue weighted by molar-refractivity contribution is 0.0469. The van der Waals surface area contributed by atoms with Gasteiger partial charge in [-0.2, -0.15) is 5.10 Å². The van der Waals surface area contributed by atoms with E-state index in [-0.39, 0.29) is 11.5 Å². The molecule has 4 rings (SSSR count). The molecule has 0 radical (unpaired) electrons. The number of benzene rings is 2. The van der Waals surface area contributed by atoms with Crippen LogP contribution in [0.4, 0.5) is 0 Å². The van der Waals surface area contributed by atoms with Gasteiger partial charge in [-0.15, -0.1) is 0 Å². The van der Waals surface area contributed by atoms with E-state index >= 15 is 0 Å². The first-order valence-electron chi connectivity index (χ1n) is 9.39. The van der Waals surface area contributed by atoms with E-state index in [0.29, 0.717) is 16.3 Å². The Morgan fingerprint density at radius 2 is 1.67 bits per heavy atom. The molecule has 0 aliphatic heterocycles. The number of carbonyl (C=O) groups is 2. The van der Waals surface area contributed by atoms with Crippen molar-refractivity contribution in [2.45, 2.75) is 13.8 Å². The molecule has 0 spiro atoms. The van der Waals surface area contributed by atoms with Crippen molar-refractivity contribution in [2.24, 2.45) is 0 Å². The van der Waals surface area contributed by atoms with Crippen LogP contribution in [0.1, 0.15) is 32.2 Å². The summed E-state index contributed by atoms with van der Waals surface area (Å²) in [5, 5.41) is 6.80. The molecule has 0 saturated heterocycles. The predicted molar refractivity (Wildman–Crippen MR) is 112 cm³/mol. The van der Waals surface area contributed by atoms with Crippen molar-refractivity contribution >= 4 is 22.5 Å². The van der Waals surface area contributed by atoms with Crippen molar-refractivity contribution in [3.8, 4) is 5.69 Å². The van der Waals surface area contributed by atoms with Crippen molar-refractivity contribution in [1.82, 2.24) is 14.8 Å². The molecule has 7 nitrogen and oxygen atoms in total. The van der Waals surface area contributed by atoms with Crippen molar-refractivity contribution in [2.75, 3.05) is 6.61 Å². The fourth-order valence-electron chi connectivity index (χ4n) is 3.57. The van der Waals surface area contributed by atoms with Gasteiger partial charge in [0.1, 0.15) is 0 Å². The molecule has 1 N–H and O–H groups in total. The molecule has 7 heteroatoms. The summed E-state index contributed by atoms with van der Waals surface area (Å²) in [4.78, 5) is 37.1. The Bertz CT molecular complexity index is 1320. The van der Waals surface area contributed by atoms with Gasteiger partial charge in [-0.1, -0.05) is 36.4 Å². The zero-order valence-electron chi connectivity index (χ0n) is 16.5. The predicted octanol–water partition coefficient (Wildman–Crippen LogP) is 3.37. The Morgan fingerprint density at radius 1 is 1.00 bits per heavy atom. The van der Waals surface area contributed by atoms with Crippen LogP contribution < -0.4 is 5.56 Å². The highest BCUT2D eigenvalue weighted by Crippen LogP contribution is 2.21. The fourth-order valence-corrected chi connectivity index (χ4v) is 3.57. The van der Waals surface area contributed by atoms with E-state index in [1.807, 2.05) is 48.7 Å². The molecule has 2 heterocycles. The summed E-state index contributed by atoms with van der Waals surface area (Å²) in [5.74, 6) is -1.08. The number of hydrogen-bond acceptors (Lipinski definition) is 5. The van der Waals surface area contributed by atoms with Crippen LogP contribution in [0.5, 0.6) is 0 Å². The molecule has 0 aliphatic carbocycles. The van der Waals surface area contributed by atoms with E-state index in [1.165, 1.54) is 0 Å². The van der Waals surface area contributed by atoms with Crippen molar-refractivity contribution in [3.05, 3.63) is 93.7 Å². The van der Waals surface area contributed by atoms with Crippen molar-refractivity contribution in [3.63, 3.8) is 0 Å². The lowest BCUT2D eigenvalue weighted by Crippen LogP contribution is -2.19. The van der Waals surface area contributed by atoms with E-state index < -0.39 is 18.1 Å². The van der Waals surface area contributed by atoms with Gasteiger partial charge in [-0.3, -0.25) is 9.59 Å². The van der Waals surface area contributed by atoms with E-state index in [9.17, 15) is 14.4 Å². The topological polar surface area (TPSA) is 94.1 Å². The van der Waals surface area contributed by atoms with Gasteiger partial charge in [-0.05, 0) is 38.1 Å². The van der Waals surface area contributed by atoms with E-state index in [4.69, 9.17) is 4.74 Å². The standard InChI is InChI=1S/C23H19N3O4/c1-14-12-19(15(2)26(14)16-8-4-3-5-9-16)20(27)13-30-23(29)21-17-10-6-7-11-18(17)22(28)25-24-21/h3-12H,13H2,1-2H3,(H,25,28). The van der Waals surface area contributed by atoms with Gasteiger partial charge in [0.05, 0.1) is 5.39 Å². The number of fused-ring (bicyclic) bond motifs is 1. The number of Topliss-reactive ketones (excluding diaryl/α,β-unsaturated/α-hetero) is 1. The van der Waals surface area contributed by atoms with Crippen LogP contribution in [0, 0.1) is 13.8 Å². The average Bonchev–Trinajstić information content (AvgIpc) is 3.07. The lowest BCUT2D eigenvalue weighted by Gasteiger charge is -2.09. The molecule has 0 atom stereocenters. The number of H-pyrrole nitrogens is 1. The third-order valence-electron chi connectivity index (χ3n) is 4.97. The first-order chi connectivity index (χ1) is 14.5. The summed E-state index contributed by atoms with van der Waals surface area (Å²) in [6.45, 7) is 3.35. The SMILES string of the molecule is Cc1cc(C(=O)COC(=O)c2n[nH]c(=O)c3ccccc23)c(C)n1-c1ccccc1. The molecule has 0 aliphatic rings. The minimum Gasteiger partial charge on any atom is -0.452 e. The number of carbonyl (C=O) groups excluding carboxylic acids is 2. The molecular formula is C23H19N3O4. The van der Waals surface area contributed by atoms with Gasteiger partial charge >= 0.3 is 5.97 Å². The zero-order chi connectivity index (χ0) is 21.3. The van der Waals surface area contributed by atoms with Crippen LogP contribution in [0.15, 0.2) is 65.5 Å². The molecule has 0 amide bonds. The first kappa shape index (κ1) is 19.3. The van der Waals surface area contributed by atoms with E-state index in [2.05, 4.69) is 10.2 Å². The molecule has 2 aromatic carbocycles. The number of rotatable bonds is 5. The van der Waals surface area contributed by atoms with Gasteiger partial charge < -0.3 is 9.30 Å². The van der Waals surface area contributed by atoms with Gasteiger partial charge in [-0.25, -0.2) is 9.89 Å². The zero-order valence-corrected chi connectivity index (χ0v) is 16.5. The first-order valence-corrected chi connectivity index (χ1v) is 9.39. The quantitative estimate of drug-likeness (QED) is 0.409. The maximum atomic E-state index is 12.7. The Morgan fingerprint density at radius 3 is 2.40 bits per heavy atom. The monoisotopic (exact) mass is 401 g/mol. The van der Waals surface area contributed by atoms with Crippen molar-refractivity contribution in [1.29, 1.82) is 0 Å². The highest BCUT2D eigenvalue weighted by Gasteiger charge is 2.20. The maximum Gasteiger partial charge on any atom is 0.359 e. The number of para-hydroxylation sites is 1. The number of hydrogen-bond donors (Lipinski definition) is 1. The van der Waals surface area contributed by atoms with Crippen LogP contribution >= 0.6 is 0 Å². The molecule has 150 valence electrons. The molecular weight excluding hydrogens is 382 g/mol. The minimum atomic E-state index is -0.771. The van der Waals surface area contributed by atoms with Crippen LogP contribution in [0.25, 0.3) is 16.5 Å². The molecule has 30 heavy (non-hydrogen) atoms. The summed E-state index contributed by atoms with van der Waals surface area (Å²) in [6, 6.07) is 18.1. The Hall–Kier alpha value is -4.00. The highest BCUT2D eigenvalue weighted by molar-refractivity contribution is 6.04. The number of ketones is 1. The second kappa shape index (κ2) is 7.79. The van der Waals surface area contributed by atoms with Crippen LogP contribution in [0.2, 0.25) is 0 Å². The summed E-state index contributed by atoms with van der Waals surface area (Å²) in [6.07, 6.45) is 0. The summed E-state index contributed by atoms with van der Waals surface area (Å²) in [5.41, 5.74) is 2.68. The highest BCUT2D eigenvalue weighted by atomic mass is 16.5. The second-order valence-electron chi connectivity index (χ2n) is 6.90. The molecule has 4 aromatic rings. The van der Waals surface area contributed by atoms with Gasteiger partial charge in [0.25, 0.3) is 5.56 Å². The van der Waals surface area contributed by atoms with E-state index in [0.717, 1.165) is 17.1 Å². The third-order valence-corrected chi connectivity index (χ3v) is 4.97. The number of aromatic nitrogens is 3. The Kier molecular flexibility index (Phi) is 5.02. The van der Waals surface area contributed by atoms with Gasteiger partial charge in [0, 0.05) is 28.0 Å². The molecule has 0 fully saturated rings. The summed E-state index contributed by atoms with van der Waals surface area (Å²) < 4.78 is 7.20. The Balaban J connectivity index is 1.56. The molecule has 0 bridgehead atoms. The largest absolute Gasteiger partial charge is 0.452 e. The molecule has 0 unspecified atom stereocenters. The number of nitrogens with zero attached hydrogens (tertiary/aromatic N) is 2. The number of aryl methyl sites for hydroxylation is 1. The normalized spacial score (nSPS) is 10.9. The van der Waals surface area contributed by atoms with Crippen LogP contribution in [-0.4, -0.2) is 33.1 Å². The molecule has 0 saturated carbocycles. The maximum absolute atomic E-state index is 12.7. The van der Waals surface area contributed by atoms with Gasteiger partial charge in [0.15, 0.2) is 12.3 Å².